The number of nitrogens with two attached hydrogens (primary N) is 1. The largest absolute Gasteiger partial charge is 0.352 e. The Balaban J connectivity index is 1.80. The van der Waals surface area contributed by atoms with E-state index in [4.69, 9.17) is 5.73 Å². The van der Waals surface area contributed by atoms with Crippen molar-refractivity contribution in [1.29, 1.82) is 0 Å². The summed E-state index contributed by atoms with van der Waals surface area (Å²) < 4.78 is 0. The van der Waals surface area contributed by atoms with Crippen molar-refractivity contribution in [1.82, 2.24) is 5.32 Å². The van der Waals surface area contributed by atoms with Crippen molar-refractivity contribution in [2.45, 2.75) is 25.3 Å². The van der Waals surface area contributed by atoms with Crippen LogP contribution in [0.3, 0.4) is 0 Å². The normalized spacial score (nSPS) is 24.3. The molecule has 1 aliphatic rings. The van der Waals surface area contributed by atoms with E-state index in [1.807, 2.05) is 30.3 Å². The van der Waals surface area contributed by atoms with Gasteiger partial charge in [-0.25, -0.2) is 0 Å². The molecule has 0 radical (unpaired) electrons. The lowest BCUT2D eigenvalue weighted by molar-refractivity contribution is 0.0947. The third-order valence-corrected chi connectivity index (χ3v) is 3.17. The quantitative estimate of drug-likeness (QED) is 0.808. The van der Waals surface area contributed by atoms with Gasteiger partial charge in [0.1, 0.15) is 0 Å². The Morgan fingerprint density at radius 1 is 1.31 bits per heavy atom. The zero-order valence-electron chi connectivity index (χ0n) is 9.36. The predicted molar refractivity (Wildman–Crippen MR) is 64.1 cm³/mol. The van der Waals surface area contributed by atoms with Crippen molar-refractivity contribution < 1.29 is 4.79 Å². The summed E-state index contributed by atoms with van der Waals surface area (Å²) in [6.45, 7) is 0.751. The lowest BCUT2D eigenvalue weighted by atomic mass is 10.1. The maximum absolute atomic E-state index is 11.7. The molecule has 1 amide bonds. The summed E-state index contributed by atoms with van der Waals surface area (Å²) in [4.78, 5) is 11.7. The summed E-state index contributed by atoms with van der Waals surface area (Å²) >= 11 is 0. The van der Waals surface area contributed by atoms with E-state index in [0.717, 1.165) is 31.4 Å². The highest BCUT2D eigenvalue weighted by Crippen LogP contribution is 2.23. The Hall–Kier alpha value is -1.35. The van der Waals surface area contributed by atoms with E-state index in [1.54, 1.807) is 0 Å². The summed E-state index contributed by atoms with van der Waals surface area (Å²) in [6, 6.07) is 9.65. The maximum Gasteiger partial charge on any atom is 0.251 e. The number of rotatable bonds is 3. The second kappa shape index (κ2) is 5.12. The topological polar surface area (TPSA) is 55.1 Å². The first-order chi connectivity index (χ1) is 7.75. The summed E-state index contributed by atoms with van der Waals surface area (Å²) in [5.41, 5.74) is 6.56. The molecule has 86 valence electrons. The minimum Gasteiger partial charge on any atom is -0.352 e. The fraction of sp³-hybridized carbons (Fsp3) is 0.462. The molecule has 1 fully saturated rings. The monoisotopic (exact) mass is 218 g/mol. The molecule has 3 N–H and O–H groups in total. The summed E-state index contributed by atoms with van der Waals surface area (Å²) in [5.74, 6) is 0.573. The van der Waals surface area contributed by atoms with Crippen molar-refractivity contribution in [3.8, 4) is 0 Å². The molecule has 3 heteroatoms. The number of carbonyl (C=O) groups excluding carboxylic acids is 1. The molecule has 16 heavy (non-hydrogen) atoms. The van der Waals surface area contributed by atoms with Crippen LogP contribution in [0.1, 0.15) is 29.6 Å². The summed E-state index contributed by atoms with van der Waals surface area (Å²) in [5, 5.41) is 2.97. The second-order valence-electron chi connectivity index (χ2n) is 4.52. The minimum absolute atomic E-state index is 0.0149. The van der Waals surface area contributed by atoms with Gasteiger partial charge in [-0.05, 0) is 37.3 Å². The summed E-state index contributed by atoms with van der Waals surface area (Å²) in [7, 11) is 0. The standard InChI is InChI=1S/C13H18N2O/c14-12-7-6-10(8-12)9-15-13(16)11-4-2-1-3-5-11/h1-5,10,12H,6-9,14H2,(H,15,16). The highest BCUT2D eigenvalue weighted by atomic mass is 16.1. The van der Waals surface area contributed by atoms with Crippen LogP contribution in [0, 0.1) is 5.92 Å². The van der Waals surface area contributed by atoms with Gasteiger partial charge in [-0.1, -0.05) is 18.2 Å². The highest BCUT2D eigenvalue weighted by molar-refractivity contribution is 5.94. The molecule has 2 unspecified atom stereocenters. The number of hydrogen-bond donors (Lipinski definition) is 2. The van der Waals surface area contributed by atoms with Crippen LogP contribution in [0.4, 0.5) is 0 Å². The van der Waals surface area contributed by atoms with E-state index in [1.165, 1.54) is 0 Å². The Kier molecular flexibility index (Phi) is 3.57. The third kappa shape index (κ3) is 2.83. The average molecular weight is 218 g/mol. The van der Waals surface area contributed by atoms with E-state index in [9.17, 15) is 4.79 Å². The molecule has 1 aromatic carbocycles. The smallest absolute Gasteiger partial charge is 0.251 e. The van der Waals surface area contributed by atoms with Crippen LogP contribution in [0.15, 0.2) is 30.3 Å². The number of amides is 1. The van der Waals surface area contributed by atoms with Gasteiger partial charge in [-0.3, -0.25) is 4.79 Å². The van der Waals surface area contributed by atoms with E-state index in [0.29, 0.717) is 12.0 Å². The molecular weight excluding hydrogens is 200 g/mol. The molecule has 0 aromatic heterocycles. The molecule has 0 aliphatic heterocycles. The van der Waals surface area contributed by atoms with Gasteiger partial charge in [0.15, 0.2) is 0 Å². The van der Waals surface area contributed by atoms with Crippen molar-refractivity contribution in [3.63, 3.8) is 0 Å². The maximum atomic E-state index is 11.7. The SMILES string of the molecule is NC1CCC(CNC(=O)c2ccccc2)C1. The molecule has 2 atom stereocenters. The van der Waals surface area contributed by atoms with Crippen molar-refractivity contribution >= 4 is 5.91 Å². The Morgan fingerprint density at radius 3 is 2.69 bits per heavy atom. The lowest BCUT2D eigenvalue weighted by Crippen LogP contribution is -2.29. The van der Waals surface area contributed by atoms with E-state index in [-0.39, 0.29) is 5.91 Å². The van der Waals surface area contributed by atoms with Crippen molar-refractivity contribution in [3.05, 3.63) is 35.9 Å². The van der Waals surface area contributed by atoms with Gasteiger partial charge in [0.05, 0.1) is 0 Å². The lowest BCUT2D eigenvalue weighted by Gasteiger charge is -2.10. The molecule has 0 bridgehead atoms. The van der Waals surface area contributed by atoms with Crippen LogP contribution in [-0.4, -0.2) is 18.5 Å². The van der Waals surface area contributed by atoms with Crippen LogP contribution in [0.2, 0.25) is 0 Å². The Labute approximate surface area is 96.0 Å². The van der Waals surface area contributed by atoms with Crippen molar-refractivity contribution in [2.75, 3.05) is 6.54 Å². The third-order valence-electron chi connectivity index (χ3n) is 3.17. The molecule has 1 saturated carbocycles. The number of benzene rings is 1. The van der Waals surface area contributed by atoms with Crippen LogP contribution < -0.4 is 11.1 Å². The van der Waals surface area contributed by atoms with Gasteiger partial charge < -0.3 is 11.1 Å². The molecule has 2 rings (SSSR count). The molecule has 0 heterocycles. The average Bonchev–Trinajstić information content (AvgIpc) is 2.73. The highest BCUT2D eigenvalue weighted by Gasteiger charge is 2.21. The number of carbonyl (C=O) groups is 1. The van der Waals surface area contributed by atoms with E-state index in [2.05, 4.69) is 5.32 Å². The Morgan fingerprint density at radius 2 is 2.06 bits per heavy atom. The van der Waals surface area contributed by atoms with E-state index >= 15 is 0 Å². The van der Waals surface area contributed by atoms with Crippen LogP contribution in [0.25, 0.3) is 0 Å². The summed E-state index contributed by atoms with van der Waals surface area (Å²) in [6.07, 6.45) is 3.26. The fourth-order valence-corrected chi connectivity index (χ4v) is 2.23. The van der Waals surface area contributed by atoms with Gasteiger partial charge in [0, 0.05) is 18.2 Å². The zero-order valence-corrected chi connectivity index (χ0v) is 9.36. The van der Waals surface area contributed by atoms with Crippen LogP contribution in [0.5, 0.6) is 0 Å². The molecule has 0 spiro atoms. The van der Waals surface area contributed by atoms with Crippen LogP contribution >= 0.6 is 0 Å². The number of nitrogens with one attached hydrogen (secondary N) is 1. The Bertz CT molecular complexity index is 350. The first kappa shape index (κ1) is 11.1. The second-order valence-corrected chi connectivity index (χ2v) is 4.52. The van der Waals surface area contributed by atoms with Gasteiger partial charge in [-0.15, -0.1) is 0 Å². The molecule has 3 nitrogen and oxygen atoms in total. The van der Waals surface area contributed by atoms with Gasteiger partial charge in [0.25, 0.3) is 5.91 Å². The first-order valence-electron chi connectivity index (χ1n) is 5.84. The fourth-order valence-electron chi connectivity index (χ4n) is 2.23. The van der Waals surface area contributed by atoms with Gasteiger partial charge in [-0.2, -0.15) is 0 Å². The minimum atomic E-state index is 0.0149. The molecule has 1 aromatic rings. The molecular formula is C13H18N2O. The van der Waals surface area contributed by atoms with E-state index < -0.39 is 0 Å². The number of hydrogen-bond acceptors (Lipinski definition) is 2. The molecule has 0 saturated heterocycles. The van der Waals surface area contributed by atoms with Gasteiger partial charge >= 0.3 is 0 Å². The zero-order chi connectivity index (χ0) is 11.4. The predicted octanol–water partition coefficient (Wildman–Crippen LogP) is 1.54. The van der Waals surface area contributed by atoms with Crippen molar-refractivity contribution in [2.24, 2.45) is 11.7 Å². The van der Waals surface area contributed by atoms with Gasteiger partial charge in [0.2, 0.25) is 0 Å². The molecule has 1 aliphatic carbocycles. The first-order valence-corrected chi connectivity index (χ1v) is 5.84. The van der Waals surface area contributed by atoms with Crippen LogP contribution in [-0.2, 0) is 0 Å².